The first-order valence-corrected chi connectivity index (χ1v) is 10.4. The second-order valence-corrected chi connectivity index (χ2v) is 7.73. The molecule has 0 aliphatic rings. The minimum absolute atomic E-state index is 0.0314. The molecule has 0 spiro atoms. The summed E-state index contributed by atoms with van der Waals surface area (Å²) in [6.07, 6.45) is 1.75. The van der Waals surface area contributed by atoms with Gasteiger partial charge >= 0.3 is 0 Å². The van der Waals surface area contributed by atoms with Gasteiger partial charge < -0.3 is 10.2 Å². The first-order chi connectivity index (χ1) is 14.9. The topological polar surface area (TPSA) is 106 Å². The number of non-ortho nitro benzene ring substituents is 1. The predicted molar refractivity (Wildman–Crippen MR) is 122 cm³/mol. The van der Waals surface area contributed by atoms with Gasteiger partial charge in [-0.2, -0.15) is 0 Å². The molecular formula is C21H22N6O3S. The number of thioether (sulfide) groups is 1. The van der Waals surface area contributed by atoms with E-state index in [9.17, 15) is 14.9 Å². The van der Waals surface area contributed by atoms with Gasteiger partial charge in [0, 0.05) is 49.7 Å². The highest BCUT2D eigenvalue weighted by atomic mass is 32.2. The van der Waals surface area contributed by atoms with Crippen LogP contribution in [0.4, 0.5) is 17.1 Å². The summed E-state index contributed by atoms with van der Waals surface area (Å²) < 4.78 is 1.90. The normalized spacial score (nSPS) is 10.5. The Morgan fingerprint density at radius 1 is 1.19 bits per heavy atom. The number of carbonyl (C=O) groups is 1. The van der Waals surface area contributed by atoms with Crippen LogP contribution in [-0.4, -0.2) is 45.4 Å². The van der Waals surface area contributed by atoms with Gasteiger partial charge in [0.25, 0.3) is 5.69 Å². The van der Waals surface area contributed by atoms with E-state index in [1.807, 2.05) is 47.8 Å². The third-order valence-corrected chi connectivity index (χ3v) is 5.33. The van der Waals surface area contributed by atoms with E-state index < -0.39 is 4.92 Å². The molecule has 0 atom stereocenters. The number of hydrogen-bond donors (Lipinski definition) is 1. The standard InChI is InChI=1S/C21H22N6O3S/c1-4-13-26-20(15-5-9-17(10-6-15)25(2)3)23-24-21(26)31-14-19(28)22-16-7-11-18(12-8-16)27(29)30/h4-12H,1,13-14H2,2-3H3,(H,22,28). The van der Waals surface area contributed by atoms with Crippen molar-refractivity contribution in [1.29, 1.82) is 0 Å². The Labute approximate surface area is 183 Å². The van der Waals surface area contributed by atoms with Gasteiger partial charge in [0.1, 0.15) is 0 Å². The summed E-state index contributed by atoms with van der Waals surface area (Å²) in [6, 6.07) is 13.7. The lowest BCUT2D eigenvalue weighted by Crippen LogP contribution is -2.14. The number of benzene rings is 2. The number of nitrogens with zero attached hydrogens (tertiary/aromatic N) is 5. The van der Waals surface area contributed by atoms with Crippen molar-refractivity contribution >= 4 is 34.7 Å². The highest BCUT2D eigenvalue weighted by Crippen LogP contribution is 2.26. The number of nitrogens with one attached hydrogen (secondary N) is 1. The number of aromatic nitrogens is 3. The number of carbonyl (C=O) groups excluding carboxylic acids is 1. The minimum Gasteiger partial charge on any atom is -0.378 e. The Morgan fingerprint density at radius 3 is 2.45 bits per heavy atom. The maximum atomic E-state index is 12.3. The zero-order valence-electron chi connectivity index (χ0n) is 17.2. The molecule has 1 amide bonds. The lowest BCUT2D eigenvalue weighted by atomic mass is 10.2. The molecule has 9 nitrogen and oxygen atoms in total. The summed E-state index contributed by atoms with van der Waals surface area (Å²) >= 11 is 1.26. The molecular weight excluding hydrogens is 416 g/mol. The SMILES string of the molecule is C=CCn1c(SCC(=O)Nc2ccc([N+](=O)[O-])cc2)nnc1-c1ccc(N(C)C)cc1. The van der Waals surface area contributed by atoms with Crippen molar-refractivity contribution in [2.75, 3.05) is 30.1 Å². The number of hydrogen-bond acceptors (Lipinski definition) is 7. The van der Waals surface area contributed by atoms with Crippen molar-refractivity contribution in [2.45, 2.75) is 11.7 Å². The van der Waals surface area contributed by atoms with Crippen LogP contribution < -0.4 is 10.2 Å². The van der Waals surface area contributed by atoms with Gasteiger partial charge in [-0.05, 0) is 36.4 Å². The van der Waals surface area contributed by atoms with Gasteiger partial charge in [-0.1, -0.05) is 17.8 Å². The lowest BCUT2D eigenvalue weighted by molar-refractivity contribution is -0.384. The molecule has 31 heavy (non-hydrogen) atoms. The molecule has 0 bridgehead atoms. The number of rotatable bonds is 9. The van der Waals surface area contributed by atoms with Gasteiger partial charge in [0.05, 0.1) is 10.7 Å². The van der Waals surface area contributed by atoms with E-state index >= 15 is 0 Å². The number of nitro groups is 1. The van der Waals surface area contributed by atoms with E-state index in [1.54, 1.807) is 6.08 Å². The third kappa shape index (κ3) is 5.48. The van der Waals surface area contributed by atoms with Crippen LogP contribution in [0.3, 0.4) is 0 Å². The van der Waals surface area contributed by atoms with Gasteiger partial charge in [0.15, 0.2) is 11.0 Å². The molecule has 0 saturated heterocycles. The van der Waals surface area contributed by atoms with Crippen molar-refractivity contribution < 1.29 is 9.72 Å². The fourth-order valence-electron chi connectivity index (χ4n) is 2.81. The molecule has 1 aromatic heterocycles. The second kappa shape index (κ2) is 9.90. The maximum absolute atomic E-state index is 12.3. The van der Waals surface area contributed by atoms with Gasteiger partial charge in [-0.3, -0.25) is 19.5 Å². The Hall–Kier alpha value is -3.66. The molecule has 0 saturated carbocycles. The first kappa shape index (κ1) is 22.0. The van der Waals surface area contributed by atoms with Crippen molar-refractivity contribution in [3.8, 4) is 11.4 Å². The molecule has 2 aromatic carbocycles. The van der Waals surface area contributed by atoms with Crippen molar-refractivity contribution in [3.63, 3.8) is 0 Å². The van der Waals surface area contributed by atoms with E-state index in [0.29, 0.717) is 23.2 Å². The summed E-state index contributed by atoms with van der Waals surface area (Å²) in [6.45, 7) is 4.30. The van der Waals surface area contributed by atoms with Crippen molar-refractivity contribution in [3.05, 3.63) is 71.3 Å². The summed E-state index contributed by atoms with van der Waals surface area (Å²) in [5.74, 6) is 0.568. The monoisotopic (exact) mass is 438 g/mol. The average Bonchev–Trinajstić information content (AvgIpc) is 3.15. The van der Waals surface area contributed by atoms with E-state index in [0.717, 1.165) is 11.3 Å². The number of amides is 1. The summed E-state index contributed by atoms with van der Waals surface area (Å²) in [5.41, 5.74) is 2.46. The first-order valence-electron chi connectivity index (χ1n) is 9.38. The zero-order valence-corrected chi connectivity index (χ0v) is 18.0. The molecule has 1 heterocycles. The van der Waals surface area contributed by atoms with Crippen LogP contribution in [0.15, 0.2) is 66.3 Å². The Kier molecular flexibility index (Phi) is 7.03. The highest BCUT2D eigenvalue weighted by Gasteiger charge is 2.15. The largest absolute Gasteiger partial charge is 0.378 e. The quantitative estimate of drug-likeness (QED) is 0.234. The van der Waals surface area contributed by atoms with Crippen LogP contribution in [0.2, 0.25) is 0 Å². The van der Waals surface area contributed by atoms with Crippen LogP contribution >= 0.6 is 11.8 Å². The average molecular weight is 439 g/mol. The predicted octanol–water partition coefficient (Wildman–Crippen LogP) is 3.84. The fourth-order valence-corrected chi connectivity index (χ4v) is 3.55. The van der Waals surface area contributed by atoms with E-state index in [-0.39, 0.29) is 17.3 Å². The Bertz CT molecular complexity index is 1080. The molecule has 3 rings (SSSR count). The third-order valence-electron chi connectivity index (χ3n) is 4.36. The Balaban J connectivity index is 1.69. The van der Waals surface area contributed by atoms with Crippen LogP contribution in [0, 0.1) is 10.1 Å². The Morgan fingerprint density at radius 2 is 1.87 bits per heavy atom. The molecule has 0 radical (unpaired) electrons. The van der Waals surface area contributed by atoms with Gasteiger partial charge in [-0.15, -0.1) is 16.8 Å². The summed E-state index contributed by atoms with van der Waals surface area (Å²) in [5, 5.41) is 22.6. The number of nitro benzene ring substituents is 1. The van der Waals surface area contributed by atoms with Crippen LogP contribution in [0.25, 0.3) is 11.4 Å². The van der Waals surface area contributed by atoms with E-state index in [4.69, 9.17) is 0 Å². The number of anilines is 2. The molecule has 160 valence electrons. The minimum atomic E-state index is -0.487. The molecule has 0 fully saturated rings. The molecule has 1 N–H and O–H groups in total. The van der Waals surface area contributed by atoms with Gasteiger partial charge in [0.2, 0.25) is 5.91 Å². The van der Waals surface area contributed by atoms with Crippen molar-refractivity contribution in [2.24, 2.45) is 0 Å². The smallest absolute Gasteiger partial charge is 0.269 e. The molecule has 10 heteroatoms. The van der Waals surface area contributed by atoms with Crippen LogP contribution in [0.1, 0.15) is 0 Å². The summed E-state index contributed by atoms with van der Waals surface area (Å²) in [4.78, 5) is 24.6. The molecule has 0 aliphatic heterocycles. The van der Waals surface area contributed by atoms with Crippen molar-refractivity contribution in [1.82, 2.24) is 14.8 Å². The highest BCUT2D eigenvalue weighted by molar-refractivity contribution is 7.99. The van der Waals surface area contributed by atoms with Crippen LogP contribution in [0.5, 0.6) is 0 Å². The fraction of sp³-hybridized carbons (Fsp3) is 0.190. The van der Waals surface area contributed by atoms with E-state index in [1.165, 1.54) is 36.0 Å². The van der Waals surface area contributed by atoms with E-state index in [2.05, 4.69) is 22.1 Å². The second-order valence-electron chi connectivity index (χ2n) is 6.79. The zero-order chi connectivity index (χ0) is 22.4. The lowest BCUT2D eigenvalue weighted by Gasteiger charge is -2.13. The molecule has 0 unspecified atom stereocenters. The maximum Gasteiger partial charge on any atom is 0.269 e. The molecule has 3 aromatic rings. The summed E-state index contributed by atoms with van der Waals surface area (Å²) in [7, 11) is 3.96. The van der Waals surface area contributed by atoms with Gasteiger partial charge in [-0.25, -0.2) is 0 Å². The van der Waals surface area contributed by atoms with Crippen LogP contribution in [-0.2, 0) is 11.3 Å². The molecule has 0 aliphatic carbocycles. The number of allylic oxidation sites excluding steroid dienone is 1.